The number of hydrogen-bond acceptors (Lipinski definition) is 3. The molecule has 0 aromatic carbocycles. The maximum Gasteiger partial charge on any atom is 0.234 e. The molecule has 0 aliphatic heterocycles. The Morgan fingerprint density at radius 1 is 1.41 bits per heavy atom. The molecule has 0 aliphatic rings. The molecule has 3 nitrogen and oxygen atoms in total. The Hall–Kier alpha value is -0.870. The molecule has 0 aliphatic carbocycles. The van der Waals surface area contributed by atoms with Crippen molar-refractivity contribution in [2.45, 2.75) is 46.2 Å². The minimum absolute atomic E-state index is 0.0190. The predicted octanol–water partition coefficient (Wildman–Crippen LogP) is 2.31. The Bertz CT molecular complexity index is 366. The highest BCUT2D eigenvalue weighted by molar-refractivity contribution is 7.10. The normalized spacial score (nSPS) is 11.5. The molecule has 1 rings (SSSR count). The van der Waals surface area contributed by atoms with Crippen LogP contribution in [0.3, 0.4) is 0 Å². The molecule has 0 atom stereocenters. The number of thiophene rings is 1. The summed E-state index contributed by atoms with van der Waals surface area (Å²) in [6.45, 7) is 9.30. The van der Waals surface area contributed by atoms with Gasteiger partial charge < -0.3 is 10.6 Å². The van der Waals surface area contributed by atoms with E-state index in [9.17, 15) is 4.79 Å². The van der Waals surface area contributed by atoms with Crippen LogP contribution < -0.4 is 10.6 Å². The van der Waals surface area contributed by atoms with Crippen LogP contribution in [0, 0.1) is 0 Å². The monoisotopic (exact) mass is 254 g/mol. The molecule has 1 heterocycles. The van der Waals surface area contributed by atoms with Gasteiger partial charge in [0.25, 0.3) is 0 Å². The minimum Gasteiger partial charge on any atom is -0.350 e. The molecule has 1 aromatic rings. The Kier molecular flexibility index (Phi) is 5.15. The van der Waals surface area contributed by atoms with Crippen LogP contribution in [-0.2, 0) is 17.8 Å². The lowest BCUT2D eigenvalue weighted by molar-refractivity contribution is -0.120. The van der Waals surface area contributed by atoms with Crippen molar-refractivity contribution in [1.29, 1.82) is 0 Å². The van der Waals surface area contributed by atoms with Gasteiger partial charge in [-0.25, -0.2) is 0 Å². The summed E-state index contributed by atoms with van der Waals surface area (Å²) < 4.78 is 0. The highest BCUT2D eigenvalue weighted by atomic mass is 32.1. The van der Waals surface area contributed by atoms with Gasteiger partial charge in [0.05, 0.1) is 13.1 Å². The van der Waals surface area contributed by atoms with Gasteiger partial charge in [-0.05, 0) is 44.2 Å². The number of nitrogens with one attached hydrogen (secondary N) is 2. The van der Waals surface area contributed by atoms with Gasteiger partial charge in [-0.2, -0.15) is 0 Å². The van der Waals surface area contributed by atoms with E-state index < -0.39 is 0 Å². The Labute approximate surface area is 108 Å². The van der Waals surface area contributed by atoms with E-state index in [-0.39, 0.29) is 11.4 Å². The fraction of sp³-hybridized carbons (Fsp3) is 0.615. The Morgan fingerprint density at radius 2 is 2.12 bits per heavy atom. The third kappa shape index (κ3) is 5.33. The van der Waals surface area contributed by atoms with Gasteiger partial charge in [0, 0.05) is 10.4 Å². The van der Waals surface area contributed by atoms with Gasteiger partial charge in [-0.1, -0.05) is 6.92 Å². The van der Waals surface area contributed by atoms with Crippen molar-refractivity contribution < 1.29 is 4.79 Å². The molecule has 17 heavy (non-hydrogen) atoms. The second-order valence-corrected chi connectivity index (χ2v) is 6.10. The summed E-state index contributed by atoms with van der Waals surface area (Å²) in [5, 5.41) is 8.19. The second-order valence-electron chi connectivity index (χ2n) is 5.10. The molecule has 0 saturated carbocycles. The van der Waals surface area contributed by atoms with Gasteiger partial charge in [0.1, 0.15) is 0 Å². The Balaban J connectivity index is 2.33. The first-order chi connectivity index (χ1) is 7.92. The first-order valence-electron chi connectivity index (χ1n) is 5.99. The van der Waals surface area contributed by atoms with E-state index in [4.69, 9.17) is 0 Å². The lowest BCUT2D eigenvalue weighted by Gasteiger charge is -2.19. The average Bonchev–Trinajstić information content (AvgIpc) is 2.69. The Morgan fingerprint density at radius 3 is 2.71 bits per heavy atom. The van der Waals surface area contributed by atoms with Crippen LogP contribution in [0.4, 0.5) is 0 Å². The number of hydrogen-bond donors (Lipinski definition) is 2. The zero-order valence-electron chi connectivity index (χ0n) is 11.1. The standard InChI is InChI=1S/C13H22N2OS/c1-5-10-6-7-17-11(10)8-14-12(16)9-15-13(2,3)4/h6-7,15H,5,8-9H2,1-4H3,(H,14,16). The maximum atomic E-state index is 11.6. The molecule has 2 N–H and O–H groups in total. The number of rotatable bonds is 5. The minimum atomic E-state index is -0.0190. The van der Waals surface area contributed by atoms with Crippen molar-refractivity contribution in [3.63, 3.8) is 0 Å². The highest BCUT2D eigenvalue weighted by Crippen LogP contribution is 2.16. The van der Waals surface area contributed by atoms with Crippen LogP contribution in [-0.4, -0.2) is 18.0 Å². The van der Waals surface area contributed by atoms with Crippen LogP contribution >= 0.6 is 11.3 Å². The fourth-order valence-electron chi connectivity index (χ4n) is 1.42. The summed E-state index contributed by atoms with van der Waals surface area (Å²) in [6.07, 6.45) is 1.02. The summed E-state index contributed by atoms with van der Waals surface area (Å²) in [5.41, 5.74) is 1.31. The molecule has 1 aromatic heterocycles. The first kappa shape index (κ1) is 14.2. The van der Waals surface area contributed by atoms with Crippen molar-refractivity contribution in [2.75, 3.05) is 6.54 Å². The molecular formula is C13H22N2OS. The molecule has 0 radical (unpaired) electrons. The largest absolute Gasteiger partial charge is 0.350 e. The van der Waals surface area contributed by atoms with Crippen LogP contribution in [0.1, 0.15) is 38.1 Å². The average molecular weight is 254 g/mol. The number of carbonyl (C=O) groups is 1. The van der Waals surface area contributed by atoms with E-state index in [0.717, 1.165) is 6.42 Å². The zero-order valence-corrected chi connectivity index (χ0v) is 11.9. The van der Waals surface area contributed by atoms with Gasteiger partial charge in [0.15, 0.2) is 0 Å². The molecule has 1 amide bonds. The molecule has 4 heteroatoms. The molecule has 0 saturated heterocycles. The van der Waals surface area contributed by atoms with E-state index in [2.05, 4.69) is 49.8 Å². The van der Waals surface area contributed by atoms with Crippen molar-refractivity contribution in [3.8, 4) is 0 Å². The van der Waals surface area contributed by atoms with Gasteiger partial charge in [0.2, 0.25) is 5.91 Å². The van der Waals surface area contributed by atoms with Crippen molar-refractivity contribution in [3.05, 3.63) is 21.9 Å². The SMILES string of the molecule is CCc1ccsc1CNC(=O)CNC(C)(C)C. The fourth-order valence-corrected chi connectivity index (χ4v) is 2.34. The lowest BCUT2D eigenvalue weighted by Crippen LogP contribution is -2.43. The summed E-state index contributed by atoms with van der Waals surface area (Å²) in [6, 6.07) is 2.12. The van der Waals surface area contributed by atoms with E-state index in [1.807, 2.05) is 0 Å². The summed E-state index contributed by atoms with van der Waals surface area (Å²) >= 11 is 1.70. The van der Waals surface area contributed by atoms with Gasteiger partial charge >= 0.3 is 0 Å². The van der Waals surface area contributed by atoms with Gasteiger partial charge in [-0.3, -0.25) is 4.79 Å². The summed E-state index contributed by atoms with van der Waals surface area (Å²) in [7, 11) is 0. The van der Waals surface area contributed by atoms with Gasteiger partial charge in [-0.15, -0.1) is 11.3 Å². The quantitative estimate of drug-likeness (QED) is 0.846. The molecule has 0 fully saturated rings. The summed E-state index contributed by atoms with van der Waals surface area (Å²) in [4.78, 5) is 12.9. The van der Waals surface area contributed by atoms with Crippen molar-refractivity contribution in [2.24, 2.45) is 0 Å². The lowest BCUT2D eigenvalue weighted by atomic mass is 10.1. The van der Waals surface area contributed by atoms with Crippen LogP contribution in [0.5, 0.6) is 0 Å². The highest BCUT2D eigenvalue weighted by Gasteiger charge is 2.11. The topological polar surface area (TPSA) is 41.1 Å². The van der Waals surface area contributed by atoms with E-state index in [1.165, 1.54) is 10.4 Å². The van der Waals surface area contributed by atoms with Crippen molar-refractivity contribution >= 4 is 17.2 Å². The molecule has 0 spiro atoms. The van der Waals surface area contributed by atoms with Crippen LogP contribution in [0.2, 0.25) is 0 Å². The van der Waals surface area contributed by atoms with E-state index in [0.29, 0.717) is 13.1 Å². The van der Waals surface area contributed by atoms with Crippen LogP contribution in [0.25, 0.3) is 0 Å². The first-order valence-corrected chi connectivity index (χ1v) is 6.87. The number of aryl methyl sites for hydroxylation is 1. The zero-order chi connectivity index (χ0) is 12.9. The molecule has 0 unspecified atom stereocenters. The molecule has 96 valence electrons. The predicted molar refractivity (Wildman–Crippen MR) is 73.3 cm³/mol. The molecular weight excluding hydrogens is 232 g/mol. The van der Waals surface area contributed by atoms with E-state index in [1.54, 1.807) is 11.3 Å². The van der Waals surface area contributed by atoms with Crippen molar-refractivity contribution in [1.82, 2.24) is 10.6 Å². The van der Waals surface area contributed by atoms with E-state index >= 15 is 0 Å². The number of amides is 1. The van der Waals surface area contributed by atoms with Crippen LogP contribution in [0.15, 0.2) is 11.4 Å². The third-order valence-electron chi connectivity index (χ3n) is 2.44. The molecule has 0 bridgehead atoms. The maximum absolute atomic E-state index is 11.6. The third-order valence-corrected chi connectivity index (χ3v) is 3.41. The number of carbonyl (C=O) groups excluding carboxylic acids is 1. The smallest absolute Gasteiger partial charge is 0.234 e. The second kappa shape index (κ2) is 6.17. The summed E-state index contributed by atoms with van der Waals surface area (Å²) in [5.74, 6) is 0.0513.